The molecule has 0 aliphatic rings. The Balaban J connectivity index is 0.000000303. The van der Waals surface area contributed by atoms with Gasteiger partial charge in [0.1, 0.15) is 11.5 Å². The van der Waals surface area contributed by atoms with Crippen LogP contribution >= 0.6 is 0 Å². The van der Waals surface area contributed by atoms with Crippen LogP contribution in [0.4, 0.5) is 0 Å². The summed E-state index contributed by atoms with van der Waals surface area (Å²) in [5, 5.41) is 18.9. The normalized spacial score (nSPS) is 11.6. The average Bonchev–Trinajstić information content (AvgIpc) is 2.64. The van der Waals surface area contributed by atoms with E-state index >= 15 is 0 Å². The molecule has 0 saturated carbocycles. The maximum absolute atomic E-state index is 9.47. The second-order valence-corrected chi connectivity index (χ2v) is 8.05. The van der Waals surface area contributed by atoms with Gasteiger partial charge in [0.15, 0.2) is 0 Å². The van der Waals surface area contributed by atoms with Gasteiger partial charge in [-0.3, -0.25) is 14.1 Å². The van der Waals surface area contributed by atoms with Crippen LogP contribution in [0.25, 0.3) is 0 Å². The summed E-state index contributed by atoms with van der Waals surface area (Å²) in [5.74, 6) is 0.445. The van der Waals surface area contributed by atoms with Crippen LogP contribution in [0.3, 0.4) is 0 Å². The molecule has 0 aliphatic carbocycles. The molecule has 160 valence electrons. The van der Waals surface area contributed by atoms with Crippen LogP contribution in [0.2, 0.25) is 0 Å². The Morgan fingerprint density at radius 2 is 1.13 bits per heavy atom. The van der Waals surface area contributed by atoms with Gasteiger partial charge in [0.05, 0.1) is 11.6 Å². The van der Waals surface area contributed by atoms with Crippen molar-refractivity contribution in [3.8, 4) is 11.5 Å². The van der Waals surface area contributed by atoms with Gasteiger partial charge < -0.3 is 10.2 Å². The highest BCUT2D eigenvalue weighted by atomic mass is 32.3. The Kier molecular flexibility index (Phi) is 7.48. The van der Waals surface area contributed by atoms with Gasteiger partial charge in [-0.25, -0.2) is 0 Å². The molecule has 0 saturated heterocycles. The summed E-state index contributed by atoms with van der Waals surface area (Å²) >= 11 is 0. The number of aromatic nitrogens is 1. The van der Waals surface area contributed by atoms with Crippen LogP contribution in [0.15, 0.2) is 72.9 Å². The van der Waals surface area contributed by atoms with E-state index in [-0.39, 0.29) is 17.4 Å². The van der Waals surface area contributed by atoms with Crippen LogP contribution in [0.1, 0.15) is 22.7 Å². The number of aromatic hydroxyl groups is 2. The minimum Gasteiger partial charge on any atom is -0.508 e. The molecule has 0 aliphatic heterocycles. The first kappa shape index (κ1) is 23.3. The van der Waals surface area contributed by atoms with Gasteiger partial charge in [-0.15, -0.1) is 3.63 Å². The molecule has 0 amide bonds. The standard InChI is InChI=1S/C18H15NO2.H2O7S2/c20-15-8-4-13(5-9-15)18(17-3-1-2-12-19-17)14-6-10-16(21)11-7-14;1-8(2,3)7-9(4,5)6/h1-12,18,20-21H;(H,1,2,3)(H,4,5,6). The number of benzene rings is 2. The fourth-order valence-electron chi connectivity index (χ4n) is 2.52. The van der Waals surface area contributed by atoms with E-state index in [4.69, 9.17) is 9.11 Å². The molecule has 2 aromatic carbocycles. The predicted molar refractivity (Wildman–Crippen MR) is 106 cm³/mol. The van der Waals surface area contributed by atoms with Crippen LogP contribution in [-0.2, 0) is 24.4 Å². The van der Waals surface area contributed by atoms with Gasteiger partial charge in [0.2, 0.25) is 0 Å². The van der Waals surface area contributed by atoms with Crippen LogP contribution in [-0.4, -0.2) is 41.1 Å². The van der Waals surface area contributed by atoms with Crippen molar-refractivity contribution in [3.05, 3.63) is 89.7 Å². The third kappa shape index (κ3) is 7.77. The molecule has 0 radical (unpaired) electrons. The highest BCUT2D eigenvalue weighted by Crippen LogP contribution is 2.32. The quantitative estimate of drug-likeness (QED) is 0.418. The third-order valence-electron chi connectivity index (χ3n) is 3.61. The maximum atomic E-state index is 9.47. The van der Waals surface area contributed by atoms with E-state index in [1.54, 1.807) is 30.5 Å². The first-order valence-electron chi connectivity index (χ1n) is 8.09. The van der Waals surface area contributed by atoms with Gasteiger partial charge in [-0.2, -0.15) is 16.8 Å². The summed E-state index contributed by atoms with van der Waals surface area (Å²) in [7, 11) is -10.2. The summed E-state index contributed by atoms with van der Waals surface area (Å²) in [4.78, 5) is 4.45. The average molecular weight is 455 g/mol. The van der Waals surface area contributed by atoms with Crippen molar-refractivity contribution in [3.63, 3.8) is 0 Å². The molecule has 3 rings (SSSR count). The Labute approximate surface area is 173 Å². The maximum Gasteiger partial charge on any atom is 0.413 e. The van der Waals surface area contributed by atoms with E-state index < -0.39 is 20.8 Å². The van der Waals surface area contributed by atoms with Gasteiger partial charge in [0, 0.05) is 6.20 Å². The van der Waals surface area contributed by atoms with Crippen molar-refractivity contribution in [2.75, 3.05) is 0 Å². The first-order chi connectivity index (χ1) is 13.9. The van der Waals surface area contributed by atoms with E-state index in [1.165, 1.54) is 0 Å². The van der Waals surface area contributed by atoms with Crippen LogP contribution < -0.4 is 0 Å². The molecule has 0 spiro atoms. The van der Waals surface area contributed by atoms with Crippen molar-refractivity contribution < 1.29 is 39.8 Å². The fourth-order valence-corrected chi connectivity index (χ4v) is 3.39. The van der Waals surface area contributed by atoms with Gasteiger partial charge in [-0.05, 0) is 47.5 Å². The minimum absolute atomic E-state index is 0.0348. The van der Waals surface area contributed by atoms with Crippen LogP contribution in [0.5, 0.6) is 11.5 Å². The number of rotatable bonds is 5. The summed E-state index contributed by atoms with van der Waals surface area (Å²) in [6, 6.07) is 20.1. The number of nitrogens with zero attached hydrogens (tertiary/aromatic N) is 1. The zero-order chi connectivity index (χ0) is 22.4. The Bertz CT molecular complexity index is 1090. The number of hydrogen-bond donors (Lipinski definition) is 4. The van der Waals surface area contributed by atoms with Gasteiger partial charge in [-0.1, -0.05) is 30.3 Å². The highest BCUT2D eigenvalue weighted by molar-refractivity contribution is 7.94. The molecule has 10 nitrogen and oxygen atoms in total. The Morgan fingerprint density at radius 1 is 0.700 bits per heavy atom. The summed E-state index contributed by atoms with van der Waals surface area (Å²) < 4.78 is 55.6. The lowest BCUT2D eigenvalue weighted by molar-refractivity contribution is 0.344. The van der Waals surface area contributed by atoms with E-state index in [1.807, 2.05) is 42.5 Å². The lowest BCUT2D eigenvalue weighted by Crippen LogP contribution is -2.10. The lowest BCUT2D eigenvalue weighted by Gasteiger charge is -2.18. The highest BCUT2D eigenvalue weighted by Gasteiger charge is 2.18. The Morgan fingerprint density at radius 3 is 1.43 bits per heavy atom. The van der Waals surface area contributed by atoms with Gasteiger partial charge >= 0.3 is 20.8 Å². The summed E-state index contributed by atoms with van der Waals surface area (Å²) in [5.41, 5.74) is 3.00. The topological polar surface area (TPSA) is 171 Å². The molecule has 1 heterocycles. The van der Waals surface area contributed by atoms with Crippen LogP contribution in [0, 0.1) is 0 Å². The summed E-state index contributed by atoms with van der Waals surface area (Å²) in [6.07, 6.45) is 1.77. The van der Waals surface area contributed by atoms with Gasteiger partial charge in [0.25, 0.3) is 0 Å². The van der Waals surface area contributed by atoms with E-state index in [9.17, 15) is 27.0 Å². The van der Waals surface area contributed by atoms with E-state index in [0.717, 1.165) is 16.8 Å². The minimum atomic E-state index is -5.12. The zero-order valence-corrected chi connectivity index (χ0v) is 16.7. The molecule has 4 N–H and O–H groups in total. The second-order valence-electron chi connectivity index (χ2n) is 5.79. The molecule has 30 heavy (non-hydrogen) atoms. The number of pyridine rings is 1. The molecule has 0 bridgehead atoms. The molecule has 0 atom stereocenters. The fraction of sp³-hybridized carbons (Fsp3) is 0.0556. The number of phenolic OH excluding ortho intramolecular Hbond substituents is 2. The predicted octanol–water partition coefficient (Wildman–Crippen LogP) is 2.28. The smallest absolute Gasteiger partial charge is 0.413 e. The molecule has 3 aromatic rings. The molecule has 12 heteroatoms. The van der Waals surface area contributed by atoms with E-state index in [0.29, 0.717) is 0 Å². The number of hydrogen-bond acceptors (Lipinski definition) is 8. The van der Waals surface area contributed by atoms with E-state index in [2.05, 4.69) is 8.61 Å². The van der Waals surface area contributed by atoms with Crippen molar-refractivity contribution in [1.82, 2.24) is 4.98 Å². The molecule has 0 unspecified atom stereocenters. The van der Waals surface area contributed by atoms with Crippen molar-refractivity contribution in [2.45, 2.75) is 5.92 Å². The summed E-state index contributed by atoms with van der Waals surface area (Å²) in [6.45, 7) is 0. The number of phenols is 2. The molecule has 0 fully saturated rings. The van der Waals surface area contributed by atoms with Crippen molar-refractivity contribution in [1.29, 1.82) is 0 Å². The monoisotopic (exact) mass is 455 g/mol. The largest absolute Gasteiger partial charge is 0.508 e. The third-order valence-corrected chi connectivity index (χ3v) is 4.98. The molecular formula is C18H17NO9S2. The Hall–Kier alpha value is -3.03. The van der Waals surface area contributed by atoms with Crippen molar-refractivity contribution in [2.24, 2.45) is 0 Å². The molecule has 1 aromatic heterocycles. The second kappa shape index (κ2) is 9.65. The SMILES string of the molecule is O=S(=O)(O)OS(=O)(=O)O.Oc1ccc(C(c2ccc(O)cc2)c2ccccn2)cc1. The zero-order valence-electron chi connectivity index (χ0n) is 15.1. The first-order valence-corrected chi connectivity index (χ1v) is 10.8. The lowest BCUT2D eigenvalue weighted by atomic mass is 9.88. The molecular weight excluding hydrogens is 438 g/mol. The van der Waals surface area contributed by atoms with Crippen molar-refractivity contribution >= 4 is 20.8 Å².